The fourth-order valence-electron chi connectivity index (χ4n) is 4.69. The number of aryl methyl sites for hydroxylation is 1. The average Bonchev–Trinajstić information content (AvgIpc) is 2.78. The summed E-state index contributed by atoms with van der Waals surface area (Å²) in [6.07, 6.45) is 8.66. The van der Waals surface area contributed by atoms with E-state index in [-0.39, 0.29) is 0 Å². The second-order valence-electron chi connectivity index (χ2n) is 7.04. The monoisotopic (exact) mass is 275 g/mol. The number of hydrogen-bond acceptors (Lipinski definition) is 3. The van der Waals surface area contributed by atoms with Gasteiger partial charge >= 0.3 is 0 Å². The van der Waals surface area contributed by atoms with Gasteiger partial charge in [0.2, 0.25) is 0 Å². The van der Waals surface area contributed by atoms with Gasteiger partial charge in [-0.2, -0.15) is 0 Å². The summed E-state index contributed by atoms with van der Waals surface area (Å²) in [4.78, 5) is 2.68. The highest BCUT2D eigenvalue weighted by Crippen LogP contribution is 2.57. The van der Waals surface area contributed by atoms with E-state index in [1.807, 2.05) is 6.26 Å². The third-order valence-electron chi connectivity index (χ3n) is 5.92. The molecule has 1 aromatic heterocycles. The third kappa shape index (κ3) is 1.94. The van der Waals surface area contributed by atoms with E-state index in [0.29, 0.717) is 5.41 Å². The summed E-state index contributed by atoms with van der Waals surface area (Å²) in [5, 5.41) is 0. The van der Waals surface area contributed by atoms with Crippen LogP contribution in [0.25, 0.3) is 0 Å². The van der Waals surface area contributed by atoms with E-state index in [9.17, 15) is 0 Å². The first-order valence-corrected chi connectivity index (χ1v) is 8.13. The molecule has 110 valence electrons. The maximum Gasteiger partial charge on any atom is 0.120 e. The quantitative estimate of drug-likeness (QED) is 0.846. The minimum absolute atomic E-state index is 0.655. The Hall–Kier alpha value is -0.800. The molecule has 3 heterocycles. The van der Waals surface area contributed by atoms with Gasteiger partial charge in [0, 0.05) is 25.8 Å². The van der Waals surface area contributed by atoms with Gasteiger partial charge in [0.25, 0.3) is 0 Å². The number of likely N-dealkylation sites (tertiary alicyclic amines) is 1. The van der Waals surface area contributed by atoms with E-state index in [0.717, 1.165) is 37.5 Å². The molecule has 0 aromatic carbocycles. The van der Waals surface area contributed by atoms with Crippen LogP contribution in [0.5, 0.6) is 0 Å². The lowest BCUT2D eigenvalue weighted by Gasteiger charge is -2.65. The van der Waals surface area contributed by atoms with Crippen molar-refractivity contribution in [1.82, 2.24) is 4.90 Å². The van der Waals surface area contributed by atoms with Crippen molar-refractivity contribution in [3.63, 3.8) is 0 Å². The summed E-state index contributed by atoms with van der Waals surface area (Å²) >= 11 is 0. The lowest BCUT2D eigenvalue weighted by atomic mass is 9.54. The zero-order valence-corrected chi connectivity index (χ0v) is 12.4. The van der Waals surface area contributed by atoms with Crippen LogP contribution in [0.3, 0.4) is 0 Å². The Morgan fingerprint density at radius 1 is 1.30 bits per heavy atom. The molecule has 1 saturated carbocycles. The fourth-order valence-corrected chi connectivity index (χ4v) is 4.69. The van der Waals surface area contributed by atoms with Crippen molar-refractivity contribution in [3.05, 3.63) is 23.7 Å². The molecule has 1 aliphatic carbocycles. The van der Waals surface area contributed by atoms with Gasteiger partial charge in [-0.3, -0.25) is 4.90 Å². The summed E-state index contributed by atoms with van der Waals surface area (Å²) in [6, 6.07) is 2.86. The Labute approximate surface area is 121 Å². The first kappa shape index (κ1) is 12.9. The third-order valence-corrected chi connectivity index (χ3v) is 5.92. The summed E-state index contributed by atoms with van der Waals surface area (Å²) in [6.45, 7) is 6.37. The number of rotatable bonds is 3. The lowest BCUT2D eigenvalue weighted by molar-refractivity contribution is -0.168. The summed E-state index contributed by atoms with van der Waals surface area (Å²) in [5.74, 6) is 2.00. The molecular formula is C17H25NO2. The number of nitrogens with zero attached hydrogens (tertiary/aromatic N) is 1. The molecule has 0 radical (unpaired) electrons. The molecule has 0 bridgehead atoms. The molecule has 3 aliphatic rings. The molecule has 1 unspecified atom stereocenters. The van der Waals surface area contributed by atoms with E-state index in [1.54, 1.807) is 0 Å². The van der Waals surface area contributed by atoms with Gasteiger partial charge < -0.3 is 9.15 Å². The molecule has 20 heavy (non-hydrogen) atoms. The van der Waals surface area contributed by atoms with Crippen LogP contribution in [0.1, 0.15) is 43.4 Å². The van der Waals surface area contributed by atoms with Crippen LogP contribution in [0.15, 0.2) is 16.7 Å². The molecule has 0 amide bonds. The van der Waals surface area contributed by atoms with Crippen LogP contribution < -0.4 is 0 Å². The summed E-state index contributed by atoms with van der Waals surface area (Å²) in [7, 11) is 0. The standard InChI is InChI=1S/C17H25NO2/c1-13-3-10-20-15(13)11-18-12-17(6-2-7-17)16(18)14-4-8-19-9-5-14/h3,10,14,16H,2,4-9,11-12H2,1H3. The van der Waals surface area contributed by atoms with Gasteiger partial charge in [0.05, 0.1) is 12.8 Å². The maximum atomic E-state index is 5.66. The summed E-state index contributed by atoms with van der Waals surface area (Å²) in [5.41, 5.74) is 1.95. The highest BCUT2D eigenvalue weighted by molar-refractivity contribution is 5.17. The topological polar surface area (TPSA) is 25.6 Å². The van der Waals surface area contributed by atoms with Gasteiger partial charge in [0.15, 0.2) is 0 Å². The van der Waals surface area contributed by atoms with Gasteiger partial charge in [-0.1, -0.05) is 6.42 Å². The minimum Gasteiger partial charge on any atom is -0.468 e. The van der Waals surface area contributed by atoms with Crippen LogP contribution in [0.2, 0.25) is 0 Å². The molecule has 1 aromatic rings. The smallest absolute Gasteiger partial charge is 0.120 e. The Balaban J connectivity index is 1.50. The van der Waals surface area contributed by atoms with Crippen molar-refractivity contribution >= 4 is 0 Å². The molecule has 3 heteroatoms. The van der Waals surface area contributed by atoms with Crippen LogP contribution in [-0.4, -0.2) is 30.7 Å². The van der Waals surface area contributed by atoms with E-state index in [2.05, 4.69) is 17.9 Å². The molecule has 3 nitrogen and oxygen atoms in total. The Bertz CT molecular complexity index is 471. The van der Waals surface area contributed by atoms with Crippen LogP contribution in [-0.2, 0) is 11.3 Å². The van der Waals surface area contributed by atoms with E-state index < -0.39 is 0 Å². The van der Waals surface area contributed by atoms with Crippen molar-refractivity contribution in [1.29, 1.82) is 0 Å². The lowest BCUT2D eigenvalue weighted by Crippen LogP contribution is -2.69. The predicted octanol–water partition coefficient (Wildman–Crippen LogP) is 3.37. The largest absolute Gasteiger partial charge is 0.468 e. The Morgan fingerprint density at radius 3 is 2.70 bits per heavy atom. The molecule has 2 aliphatic heterocycles. The maximum absolute atomic E-state index is 5.66. The fraction of sp³-hybridized carbons (Fsp3) is 0.765. The molecule has 3 fully saturated rings. The number of furan rings is 1. The van der Waals surface area contributed by atoms with Crippen LogP contribution in [0.4, 0.5) is 0 Å². The van der Waals surface area contributed by atoms with Crippen molar-refractivity contribution in [2.75, 3.05) is 19.8 Å². The second-order valence-corrected chi connectivity index (χ2v) is 7.04. The van der Waals surface area contributed by atoms with E-state index in [4.69, 9.17) is 9.15 Å². The molecule has 0 N–H and O–H groups in total. The zero-order chi connectivity index (χ0) is 13.6. The molecule has 1 atom stereocenters. The van der Waals surface area contributed by atoms with Crippen LogP contribution in [0, 0.1) is 18.3 Å². The molecule has 2 saturated heterocycles. The first-order chi connectivity index (χ1) is 9.78. The van der Waals surface area contributed by atoms with Gasteiger partial charge in [-0.25, -0.2) is 0 Å². The highest BCUT2D eigenvalue weighted by Gasteiger charge is 2.57. The minimum atomic E-state index is 0.655. The molecular weight excluding hydrogens is 250 g/mol. The van der Waals surface area contributed by atoms with Crippen molar-refractivity contribution in [2.24, 2.45) is 11.3 Å². The Kier molecular flexibility index (Phi) is 3.15. The molecule has 4 rings (SSSR count). The predicted molar refractivity (Wildman–Crippen MR) is 77.5 cm³/mol. The van der Waals surface area contributed by atoms with Gasteiger partial charge in [-0.05, 0) is 55.6 Å². The summed E-state index contributed by atoms with van der Waals surface area (Å²) < 4.78 is 11.2. The number of ether oxygens (including phenoxy) is 1. The highest BCUT2D eigenvalue weighted by atomic mass is 16.5. The number of hydrogen-bond donors (Lipinski definition) is 0. The van der Waals surface area contributed by atoms with Crippen molar-refractivity contribution in [3.8, 4) is 0 Å². The normalized spacial score (nSPS) is 30.1. The van der Waals surface area contributed by atoms with Gasteiger partial charge in [0.1, 0.15) is 5.76 Å². The zero-order valence-electron chi connectivity index (χ0n) is 12.4. The van der Waals surface area contributed by atoms with E-state index >= 15 is 0 Å². The molecule has 1 spiro atoms. The van der Waals surface area contributed by atoms with Crippen molar-refractivity contribution in [2.45, 2.75) is 51.6 Å². The second kappa shape index (κ2) is 4.88. The van der Waals surface area contributed by atoms with Crippen LogP contribution >= 0.6 is 0 Å². The SMILES string of the molecule is Cc1ccoc1CN1CC2(CCC2)C1C1CCOCC1. The van der Waals surface area contributed by atoms with Gasteiger partial charge in [-0.15, -0.1) is 0 Å². The first-order valence-electron chi connectivity index (χ1n) is 8.13. The van der Waals surface area contributed by atoms with Crippen molar-refractivity contribution < 1.29 is 9.15 Å². The van der Waals surface area contributed by atoms with E-state index in [1.165, 1.54) is 44.2 Å². The Morgan fingerprint density at radius 2 is 2.10 bits per heavy atom. The average molecular weight is 275 g/mol.